The zero-order chi connectivity index (χ0) is 16.2. The average molecular weight is 374 g/mol. The molecule has 1 N–H and O–H groups in total. The number of aromatic nitrogens is 1. The van der Waals surface area contributed by atoms with Crippen molar-refractivity contribution in [1.29, 1.82) is 0 Å². The normalized spacial score (nSPS) is 17.3. The van der Waals surface area contributed by atoms with E-state index in [4.69, 9.17) is 0 Å². The van der Waals surface area contributed by atoms with Gasteiger partial charge in [-0.2, -0.15) is 0 Å². The Morgan fingerprint density at radius 1 is 1.35 bits per heavy atom. The number of anilines is 1. The minimum Gasteiger partial charge on any atom is -0.368 e. The highest BCUT2D eigenvalue weighted by Gasteiger charge is 2.24. The minimum atomic E-state index is 0.0848. The number of hydrogen-bond acceptors (Lipinski definition) is 3. The quantitative estimate of drug-likeness (QED) is 0.895. The Bertz CT molecular complexity index is 687. The monoisotopic (exact) mass is 373 g/mol. The van der Waals surface area contributed by atoms with Gasteiger partial charge in [0.2, 0.25) is 5.91 Å². The van der Waals surface area contributed by atoms with Crippen LogP contribution in [0.2, 0.25) is 0 Å². The number of nitrogens with one attached hydrogen (secondary N) is 1. The van der Waals surface area contributed by atoms with Crippen LogP contribution in [0.1, 0.15) is 17.5 Å². The fraction of sp³-hybridized carbons (Fsp3) is 0.333. The number of rotatable bonds is 4. The van der Waals surface area contributed by atoms with Crippen LogP contribution in [0.25, 0.3) is 0 Å². The Morgan fingerprint density at radius 3 is 2.87 bits per heavy atom. The number of benzene rings is 1. The Balaban J connectivity index is 1.53. The van der Waals surface area contributed by atoms with Gasteiger partial charge in [0.1, 0.15) is 0 Å². The number of aryl methyl sites for hydroxylation is 1. The van der Waals surface area contributed by atoms with Gasteiger partial charge in [-0.05, 0) is 42.7 Å². The fourth-order valence-electron chi connectivity index (χ4n) is 2.89. The molecule has 5 heteroatoms. The summed E-state index contributed by atoms with van der Waals surface area (Å²) in [5, 5.41) is 3.14. The van der Waals surface area contributed by atoms with Crippen molar-refractivity contribution in [2.24, 2.45) is 0 Å². The minimum absolute atomic E-state index is 0.0848. The second-order valence-electron chi connectivity index (χ2n) is 6.02. The first-order valence-corrected chi connectivity index (χ1v) is 8.60. The highest BCUT2D eigenvalue weighted by atomic mass is 79.9. The standard InChI is InChI=1S/C18H20BrN3O/c1-13-8-17(11-20-10-13)22-7-6-16(12-22)21-18(23)9-14-2-4-15(19)5-3-14/h2-5,8,10-11,16H,6-7,9,12H2,1H3,(H,21,23). The molecule has 3 rings (SSSR count). The van der Waals surface area contributed by atoms with Crippen molar-refractivity contribution in [2.75, 3.05) is 18.0 Å². The summed E-state index contributed by atoms with van der Waals surface area (Å²) in [6.45, 7) is 3.84. The molecule has 0 bridgehead atoms. The molecule has 4 nitrogen and oxygen atoms in total. The van der Waals surface area contributed by atoms with Crippen molar-refractivity contribution in [3.05, 3.63) is 58.3 Å². The maximum absolute atomic E-state index is 12.2. The van der Waals surface area contributed by atoms with Crippen LogP contribution in [-0.2, 0) is 11.2 Å². The summed E-state index contributed by atoms with van der Waals surface area (Å²) in [5.41, 5.74) is 3.32. The van der Waals surface area contributed by atoms with Crippen molar-refractivity contribution < 1.29 is 4.79 Å². The summed E-state index contributed by atoms with van der Waals surface area (Å²) in [4.78, 5) is 18.7. The third-order valence-corrected chi connectivity index (χ3v) is 4.59. The van der Waals surface area contributed by atoms with Gasteiger partial charge in [0, 0.05) is 29.8 Å². The molecular formula is C18H20BrN3O. The molecule has 120 valence electrons. The maximum atomic E-state index is 12.2. The van der Waals surface area contributed by atoms with E-state index in [-0.39, 0.29) is 11.9 Å². The predicted octanol–water partition coefficient (Wildman–Crippen LogP) is 3.09. The SMILES string of the molecule is Cc1cncc(N2CCC(NC(=O)Cc3ccc(Br)cc3)C2)c1. The largest absolute Gasteiger partial charge is 0.368 e. The summed E-state index contributed by atoms with van der Waals surface area (Å²) in [6, 6.07) is 10.2. The van der Waals surface area contributed by atoms with E-state index in [0.717, 1.165) is 40.8 Å². The molecule has 2 heterocycles. The van der Waals surface area contributed by atoms with E-state index in [1.807, 2.05) is 43.6 Å². The molecule has 0 saturated carbocycles. The molecule has 1 aromatic carbocycles. The van der Waals surface area contributed by atoms with Crippen LogP contribution in [-0.4, -0.2) is 30.0 Å². The van der Waals surface area contributed by atoms with Gasteiger partial charge in [0.05, 0.1) is 18.3 Å². The number of carbonyl (C=O) groups excluding carboxylic acids is 1. The van der Waals surface area contributed by atoms with E-state index in [1.54, 1.807) is 0 Å². The molecule has 0 spiro atoms. The zero-order valence-corrected chi connectivity index (χ0v) is 14.7. The Morgan fingerprint density at radius 2 is 2.13 bits per heavy atom. The van der Waals surface area contributed by atoms with Crippen LogP contribution >= 0.6 is 15.9 Å². The summed E-state index contributed by atoms with van der Waals surface area (Å²) in [5.74, 6) is 0.0848. The molecule has 1 fully saturated rings. The lowest BCUT2D eigenvalue weighted by Crippen LogP contribution is -2.38. The van der Waals surface area contributed by atoms with E-state index in [1.165, 1.54) is 0 Å². The molecule has 1 amide bonds. The van der Waals surface area contributed by atoms with E-state index >= 15 is 0 Å². The third-order valence-electron chi connectivity index (χ3n) is 4.06. The predicted molar refractivity (Wildman–Crippen MR) is 95.6 cm³/mol. The molecule has 0 aliphatic carbocycles. The second kappa shape index (κ2) is 7.13. The number of nitrogens with zero attached hydrogens (tertiary/aromatic N) is 2. The number of halogens is 1. The highest BCUT2D eigenvalue weighted by Crippen LogP contribution is 2.20. The number of carbonyl (C=O) groups is 1. The number of hydrogen-bond donors (Lipinski definition) is 1. The van der Waals surface area contributed by atoms with Crippen molar-refractivity contribution >= 4 is 27.5 Å². The average Bonchev–Trinajstić information content (AvgIpc) is 2.98. The first-order chi connectivity index (χ1) is 11.1. The van der Waals surface area contributed by atoms with Crippen LogP contribution in [0.4, 0.5) is 5.69 Å². The molecular weight excluding hydrogens is 354 g/mol. The smallest absolute Gasteiger partial charge is 0.224 e. The van der Waals surface area contributed by atoms with Gasteiger partial charge in [-0.1, -0.05) is 28.1 Å². The maximum Gasteiger partial charge on any atom is 0.224 e. The third kappa shape index (κ3) is 4.32. The van der Waals surface area contributed by atoms with Crippen molar-refractivity contribution in [3.8, 4) is 0 Å². The Kier molecular flexibility index (Phi) is 4.96. The number of amides is 1. The lowest BCUT2D eigenvalue weighted by atomic mass is 10.1. The molecule has 1 saturated heterocycles. The molecule has 1 aliphatic heterocycles. The van der Waals surface area contributed by atoms with Gasteiger partial charge < -0.3 is 10.2 Å². The van der Waals surface area contributed by atoms with Gasteiger partial charge in [-0.25, -0.2) is 0 Å². The molecule has 1 atom stereocenters. The molecule has 23 heavy (non-hydrogen) atoms. The molecule has 1 aliphatic rings. The lowest BCUT2D eigenvalue weighted by Gasteiger charge is -2.19. The molecule has 0 radical (unpaired) electrons. The van der Waals surface area contributed by atoms with Gasteiger partial charge in [0.25, 0.3) is 0 Å². The van der Waals surface area contributed by atoms with Gasteiger partial charge in [0.15, 0.2) is 0 Å². The topological polar surface area (TPSA) is 45.2 Å². The first kappa shape index (κ1) is 16.0. The highest BCUT2D eigenvalue weighted by molar-refractivity contribution is 9.10. The van der Waals surface area contributed by atoms with Crippen molar-refractivity contribution in [1.82, 2.24) is 10.3 Å². The summed E-state index contributed by atoms with van der Waals surface area (Å²) in [6.07, 6.45) is 5.14. The second-order valence-corrected chi connectivity index (χ2v) is 6.94. The van der Waals surface area contributed by atoms with Crippen LogP contribution in [0.15, 0.2) is 47.2 Å². The van der Waals surface area contributed by atoms with E-state index in [0.29, 0.717) is 6.42 Å². The van der Waals surface area contributed by atoms with Gasteiger partial charge in [-0.15, -0.1) is 0 Å². The summed E-state index contributed by atoms with van der Waals surface area (Å²) < 4.78 is 1.03. The molecule has 1 aromatic heterocycles. The summed E-state index contributed by atoms with van der Waals surface area (Å²) in [7, 11) is 0. The Labute approximate surface area is 145 Å². The number of pyridine rings is 1. The van der Waals surface area contributed by atoms with E-state index in [2.05, 4.69) is 37.2 Å². The summed E-state index contributed by atoms with van der Waals surface area (Å²) >= 11 is 3.41. The fourth-order valence-corrected chi connectivity index (χ4v) is 3.16. The zero-order valence-electron chi connectivity index (χ0n) is 13.1. The molecule has 1 unspecified atom stereocenters. The van der Waals surface area contributed by atoms with Crippen LogP contribution in [0.3, 0.4) is 0 Å². The van der Waals surface area contributed by atoms with E-state index < -0.39 is 0 Å². The van der Waals surface area contributed by atoms with Crippen LogP contribution < -0.4 is 10.2 Å². The molecule has 2 aromatic rings. The first-order valence-electron chi connectivity index (χ1n) is 7.80. The van der Waals surface area contributed by atoms with Crippen molar-refractivity contribution in [3.63, 3.8) is 0 Å². The lowest BCUT2D eigenvalue weighted by molar-refractivity contribution is -0.121. The van der Waals surface area contributed by atoms with Crippen molar-refractivity contribution in [2.45, 2.75) is 25.8 Å². The van der Waals surface area contributed by atoms with Gasteiger partial charge in [-0.3, -0.25) is 9.78 Å². The van der Waals surface area contributed by atoms with Crippen LogP contribution in [0, 0.1) is 6.92 Å². The van der Waals surface area contributed by atoms with Crippen LogP contribution in [0.5, 0.6) is 0 Å². The Hall–Kier alpha value is -1.88. The van der Waals surface area contributed by atoms with E-state index in [9.17, 15) is 4.79 Å². The van der Waals surface area contributed by atoms with Gasteiger partial charge >= 0.3 is 0 Å².